The van der Waals surface area contributed by atoms with Crippen LogP contribution in [0.2, 0.25) is 0 Å². The molecule has 1 unspecified atom stereocenters. The Morgan fingerprint density at radius 3 is 2.73 bits per heavy atom. The molecular weight excluding hydrogens is 276 g/mol. The van der Waals surface area contributed by atoms with Crippen molar-refractivity contribution >= 4 is 23.8 Å². The summed E-state index contributed by atoms with van der Waals surface area (Å²) in [6.07, 6.45) is 12.2. The number of ketones is 1. The van der Waals surface area contributed by atoms with Gasteiger partial charge in [0.25, 0.3) is 0 Å². The van der Waals surface area contributed by atoms with Gasteiger partial charge in [-0.3, -0.25) is 9.59 Å². The lowest BCUT2D eigenvalue weighted by molar-refractivity contribution is -0.127. The second-order valence-electron chi connectivity index (χ2n) is 5.90. The Hall–Kier alpha value is -2.10. The third-order valence-corrected chi connectivity index (χ3v) is 4.20. The molecular formula is C18H24N2O2. The predicted octanol–water partition coefficient (Wildman–Crippen LogP) is 3.11. The van der Waals surface area contributed by atoms with Gasteiger partial charge in [0.1, 0.15) is 0 Å². The molecule has 0 radical (unpaired) electrons. The number of carbonyl (C=O) groups is 2. The molecule has 0 saturated heterocycles. The van der Waals surface area contributed by atoms with Crippen molar-refractivity contribution in [2.24, 2.45) is 5.92 Å². The van der Waals surface area contributed by atoms with Gasteiger partial charge in [0.2, 0.25) is 5.91 Å². The number of aromatic nitrogens is 1. The molecule has 1 heterocycles. The molecule has 2 atom stereocenters. The molecule has 4 heteroatoms. The van der Waals surface area contributed by atoms with Crippen LogP contribution in [0.25, 0.3) is 12.2 Å². The Bertz CT molecular complexity index is 611. The number of H-pyrrole nitrogens is 1. The molecule has 0 aliphatic heterocycles. The van der Waals surface area contributed by atoms with E-state index in [9.17, 15) is 9.59 Å². The maximum absolute atomic E-state index is 12.3. The van der Waals surface area contributed by atoms with E-state index in [1.165, 1.54) is 6.92 Å². The normalized spacial score (nSPS) is 15.8. The molecule has 1 aliphatic carbocycles. The lowest BCUT2D eigenvalue weighted by Crippen LogP contribution is -2.44. The minimum atomic E-state index is -0.398. The molecule has 1 aromatic rings. The average Bonchev–Trinajstić information content (AvgIpc) is 2.72. The van der Waals surface area contributed by atoms with Crippen molar-refractivity contribution in [3.8, 4) is 0 Å². The first-order chi connectivity index (χ1) is 10.5. The molecule has 118 valence electrons. The SMILES string of the molecule is CC[C@H](C)C(NC(=O)Cc1c[nH]c2c1C=CCC=C2)C(C)=O. The number of rotatable bonds is 6. The lowest BCUT2D eigenvalue weighted by Gasteiger charge is -2.21. The van der Waals surface area contributed by atoms with Crippen molar-refractivity contribution in [2.75, 3.05) is 0 Å². The van der Waals surface area contributed by atoms with Crippen LogP contribution in [0.5, 0.6) is 0 Å². The number of fused-ring (bicyclic) bond motifs is 1. The van der Waals surface area contributed by atoms with E-state index in [2.05, 4.69) is 22.5 Å². The number of aromatic amines is 1. The number of hydrogen-bond acceptors (Lipinski definition) is 2. The molecule has 1 aliphatic rings. The molecule has 0 fully saturated rings. The number of amides is 1. The summed E-state index contributed by atoms with van der Waals surface area (Å²) in [4.78, 5) is 27.2. The van der Waals surface area contributed by atoms with E-state index in [0.717, 1.165) is 29.7 Å². The Morgan fingerprint density at radius 2 is 2.05 bits per heavy atom. The van der Waals surface area contributed by atoms with Gasteiger partial charge in [-0.15, -0.1) is 0 Å². The zero-order valence-corrected chi connectivity index (χ0v) is 13.5. The van der Waals surface area contributed by atoms with Crippen LogP contribution in [0.1, 0.15) is 50.4 Å². The molecule has 1 amide bonds. The highest BCUT2D eigenvalue weighted by atomic mass is 16.2. The van der Waals surface area contributed by atoms with Crippen LogP contribution in [0.15, 0.2) is 18.3 Å². The van der Waals surface area contributed by atoms with E-state index in [0.29, 0.717) is 0 Å². The predicted molar refractivity (Wildman–Crippen MR) is 89.2 cm³/mol. The van der Waals surface area contributed by atoms with Gasteiger partial charge in [0, 0.05) is 17.5 Å². The highest BCUT2D eigenvalue weighted by Gasteiger charge is 2.23. The molecule has 2 N–H and O–H groups in total. The van der Waals surface area contributed by atoms with Crippen LogP contribution in [0.3, 0.4) is 0 Å². The summed E-state index contributed by atoms with van der Waals surface area (Å²) < 4.78 is 0. The molecule has 1 aromatic heterocycles. The third kappa shape index (κ3) is 3.75. The fourth-order valence-electron chi connectivity index (χ4n) is 2.70. The number of nitrogens with one attached hydrogen (secondary N) is 2. The van der Waals surface area contributed by atoms with E-state index in [1.807, 2.05) is 32.2 Å². The lowest BCUT2D eigenvalue weighted by atomic mass is 9.95. The summed E-state index contributed by atoms with van der Waals surface area (Å²) in [6, 6.07) is -0.398. The van der Waals surface area contributed by atoms with Crippen molar-refractivity contribution in [1.29, 1.82) is 0 Å². The van der Waals surface area contributed by atoms with Crippen LogP contribution in [-0.4, -0.2) is 22.7 Å². The minimum Gasteiger partial charge on any atom is -0.361 e. The van der Waals surface area contributed by atoms with Gasteiger partial charge in [-0.1, -0.05) is 38.5 Å². The molecule has 22 heavy (non-hydrogen) atoms. The highest BCUT2D eigenvalue weighted by molar-refractivity contribution is 5.89. The first kappa shape index (κ1) is 16.3. The van der Waals surface area contributed by atoms with Gasteiger partial charge in [-0.25, -0.2) is 0 Å². The van der Waals surface area contributed by atoms with Crippen molar-refractivity contribution < 1.29 is 9.59 Å². The largest absolute Gasteiger partial charge is 0.361 e. The average molecular weight is 300 g/mol. The van der Waals surface area contributed by atoms with E-state index >= 15 is 0 Å². The summed E-state index contributed by atoms with van der Waals surface area (Å²) in [6.45, 7) is 5.55. The smallest absolute Gasteiger partial charge is 0.225 e. The first-order valence-electron chi connectivity index (χ1n) is 7.86. The van der Waals surface area contributed by atoms with Gasteiger partial charge in [-0.2, -0.15) is 0 Å². The molecule has 0 saturated carbocycles. The maximum atomic E-state index is 12.3. The highest BCUT2D eigenvalue weighted by Crippen LogP contribution is 2.21. The standard InChI is InChI=1S/C18H24N2O2/c1-4-12(2)18(13(3)21)20-17(22)10-14-11-19-16-9-7-5-6-8-15(14)16/h6-9,11-12,18-19H,4-5,10H2,1-3H3,(H,20,22)/t12-,18?/m0/s1. The van der Waals surface area contributed by atoms with Gasteiger partial charge in [0.15, 0.2) is 5.78 Å². The van der Waals surface area contributed by atoms with E-state index in [4.69, 9.17) is 0 Å². The van der Waals surface area contributed by atoms with E-state index in [-0.39, 0.29) is 24.0 Å². The zero-order chi connectivity index (χ0) is 16.1. The summed E-state index contributed by atoms with van der Waals surface area (Å²) in [7, 11) is 0. The second-order valence-corrected chi connectivity index (χ2v) is 5.90. The van der Waals surface area contributed by atoms with Crippen LogP contribution in [-0.2, 0) is 16.0 Å². The van der Waals surface area contributed by atoms with Crippen LogP contribution >= 0.6 is 0 Å². The van der Waals surface area contributed by atoms with Crippen molar-refractivity contribution in [1.82, 2.24) is 10.3 Å². The number of carbonyl (C=O) groups excluding carboxylic acids is 2. The molecule has 2 rings (SSSR count). The molecule has 0 bridgehead atoms. The monoisotopic (exact) mass is 300 g/mol. The summed E-state index contributed by atoms with van der Waals surface area (Å²) in [5.41, 5.74) is 3.05. The summed E-state index contributed by atoms with van der Waals surface area (Å²) in [5, 5.41) is 2.88. The summed E-state index contributed by atoms with van der Waals surface area (Å²) in [5.74, 6) is 0.0509. The van der Waals surface area contributed by atoms with Crippen LogP contribution in [0.4, 0.5) is 0 Å². The van der Waals surface area contributed by atoms with E-state index in [1.54, 1.807) is 0 Å². The molecule has 0 aromatic carbocycles. The Balaban J connectivity index is 2.08. The van der Waals surface area contributed by atoms with Crippen LogP contribution in [0, 0.1) is 5.92 Å². The minimum absolute atomic E-state index is 0.0124. The topological polar surface area (TPSA) is 62.0 Å². The number of hydrogen-bond donors (Lipinski definition) is 2. The van der Waals surface area contributed by atoms with Gasteiger partial charge < -0.3 is 10.3 Å². The fraction of sp³-hybridized carbons (Fsp3) is 0.444. The van der Waals surface area contributed by atoms with Gasteiger partial charge in [0.05, 0.1) is 12.5 Å². The Labute approximate surface area is 131 Å². The quantitative estimate of drug-likeness (QED) is 0.848. The van der Waals surface area contributed by atoms with Crippen molar-refractivity contribution in [3.63, 3.8) is 0 Å². The van der Waals surface area contributed by atoms with Crippen molar-refractivity contribution in [3.05, 3.63) is 35.2 Å². The number of allylic oxidation sites excluding steroid dienone is 2. The Kier molecular flexibility index (Phi) is 5.36. The Morgan fingerprint density at radius 1 is 1.32 bits per heavy atom. The third-order valence-electron chi connectivity index (χ3n) is 4.20. The molecule has 4 nitrogen and oxygen atoms in total. The second kappa shape index (κ2) is 7.25. The first-order valence-corrected chi connectivity index (χ1v) is 7.86. The van der Waals surface area contributed by atoms with Gasteiger partial charge >= 0.3 is 0 Å². The summed E-state index contributed by atoms with van der Waals surface area (Å²) >= 11 is 0. The fourth-order valence-corrected chi connectivity index (χ4v) is 2.70. The van der Waals surface area contributed by atoms with E-state index < -0.39 is 6.04 Å². The van der Waals surface area contributed by atoms with Crippen LogP contribution < -0.4 is 5.32 Å². The van der Waals surface area contributed by atoms with Gasteiger partial charge in [-0.05, 0) is 30.9 Å². The van der Waals surface area contributed by atoms with Crippen molar-refractivity contribution in [2.45, 2.75) is 46.1 Å². The maximum Gasteiger partial charge on any atom is 0.225 e. The molecule has 0 spiro atoms. The zero-order valence-electron chi connectivity index (χ0n) is 13.5. The number of Topliss-reactive ketones (excluding diaryl/α,β-unsaturated/α-hetero) is 1.